The molecule has 0 bridgehead atoms. The van der Waals surface area contributed by atoms with Crippen molar-refractivity contribution in [1.29, 1.82) is 0 Å². The summed E-state index contributed by atoms with van der Waals surface area (Å²) in [6.45, 7) is 5.08. The SMILES string of the molecule is C=Bc1cnc(Cl)nc1Cl. The molecule has 0 aliphatic rings. The van der Waals surface area contributed by atoms with E-state index in [0.29, 0.717) is 10.6 Å². The predicted octanol–water partition coefficient (Wildman–Crippen LogP) is 0.545. The molecule has 0 radical (unpaired) electrons. The predicted molar refractivity (Wildman–Crippen MR) is 44.6 cm³/mol. The van der Waals surface area contributed by atoms with Crippen molar-refractivity contribution in [3.05, 3.63) is 16.6 Å². The summed E-state index contributed by atoms with van der Waals surface area (Å²) in [7, 11) is 0. The Balaban J connectivity index is 3.19. The summed E-state index contributed by atoms with van der Waals surface area (Å²) in [6.07, 6.45) is 1.52. The minimum absolute atomic E-state index is 0.149. The molecule has 10 heavy (non-hydrogen) atoms. The van der Waals surface area contributed by atoms with Crippen molar-refractivity contribution in [2.75, 3.05) is 0 Å². The Morgan fingerprint density at radius 2 is 2.20 bits per heavy atom. The monoisotopic (exact) mass is 172 g/mol. The van der Waals surface area contributed by atoms with Crippen molar-refractivity contribution >= 4 is 42.1 Å². The van der Waals surface area contributed by atoms with E-state index in [2.05, 4.69) is 16.4 Å². The quantitative estimate of drug-likeness (QED) is 0.351. The van der Waals surface area contributed by atoms with Crippen LogP contribution in [-0.2, 0) is 0 Å². The van der Waals surface area contributed by atoms with Gasteiger partial charge in [-0.05, 0) is 0 Å². The number of halogens is 2. The van der Waals surface area contributed by atoms with Gasteiger partial charge in [0.2, 0.25) is 0 Å². The van der Waals surface area contributed by atoms with Crippen LogP contribution in [0.15, 0.2) is 6.20 Å². The summed E-state index contributed by atoms with van der Waals surface area (Å²) in [5, 5.41) is 0.477. The van der Waals surface area contributed by atoms with Crippen molar-refractivity contribution < 1.29 is 0 Å². The van der Waals surface area contributed by atoms with Crippen LogP contribution in [0.5, 0.6) is 0 Å². The van der Waals surface area contributed by atoms with Crippen LogP contribution in [0, 0.1) is 0 Å². The molecule has 0 N–H and O–H groups in total. The first-order valence-electron chi connectivity index (χ1n) is 2.54. The Kier molecular flexibility index (Phi) is 2.41. The maximum absolute atomic E-state index is 5.62. The number of hydrogen-bond acceptors (Lipinski definition) is 2. The van der Waals surface area contributed by atoms with E-state index >= 15 is 0 Å². The summed E-state index contributed by atoms with van der Waals surface area (Å²) in [6, 6.07) is 0. The molecule has 1 aromatic rings. The van der Waals surface area contributed by atoms with Gasteiger partial charge in [-0.25, -0.2) is 0 Å². The molecule has 0 saturated carbocycles. The number of hydrogen-bond donors (Lipinski definition) is 0. The van der Waals surface area contributed by atoms with Gasteiger partial charge in [0.15, 0.2) is 0 Å². The van der Waals surface area contributed by atoms with Gasteiger partial charge in [-0.3, -0.25) is 0 Å². The summed E-state index contributed by atoms with van der Waals surface area (Å²) < 4.78 is 0. The second-order valence-corrected chi connectivity index (χ2v) is 2.29. The molecule has 0 amide bonds. The molecule has 2 nitrogen and oxygen atoms in total. The van der Waals surface area contributed by atoms with Crippen molar-refractivity contribution in [2.24, 2.45) is 0 Å². The molecule has 0 unspecified atom stereocenters. The number of nitrogens with zero attached hydrogens (tertiary/aromatic N) is 2. The number of rotatable bonds is 1. The van der Waals surface area contributed by atoms with Gasteiger partial charge in [-0.2, -0.15) is 0 Å². The molecule has 0 atom stereocenters. The molecular weight excluding hydrogens is 170 g/mol. The third-order valence-electron chi connectivity index (χ3n) is 0.959. The average molecular weight is 173 g/mol. The van der Waals surface area contributed by atoms with Crippen LogP contribution in [0.4, 0.5) is 0 Å². The zero-order valence-electron chi connectivity index (χ0n) is 5.01. The van der Waals surface area contributed by atoms with Crippen molar-refractivity contribution in [2.45, 2.75) is 0 Å². The van der Waals surface area contributed by atoms with Gasteiger partial charge in [-0.1, -0.05) is 0 Å². The van der Waals surface area contributed by atoms with Crippen LogP contribution < -0.4 is 5.46 Å². The standard InChI is InChI=1S/C5H3BCl2N2/c1-6-3-2-9-5(8)10-4(3)7/h2H,1H2. The van der Waals surface area contributed by atoms with Crippen molar-refractivity contribution in [3.8, 4) is 0 Å². The molecule has 0 aliphatic carbocycles. The molecule has 1 heterocycles. The van der Waals surface area contributed by atoms with Gasteiger partial charge in [-0.15, -0.1) is 0 Å². The van der Waals surface area contributed by atoms with Gasteiger partial charge in [0.1, 0.15) is 0 Å². The summed E-state index contributed by atoms with van der Waals surface area (Å²) in [5.41, 5.74) is 0.686. The normalized spacial score (nSPS) is 9.00. The third-order valence-corrected chi connectivity index (χ3v) is 1.44. The van der Waals surface area contributed by atoms with E-state index in [4.69, 9.17) is 23.2 Å². The molecule has 5 heteroatoms. The summed E-state index contributed by atoms with van der Waals surface area (Å²) in [4.78, 5) is 7.40. The zero-order valence-corrected chi connectivity index (χ0v) is 6.52. The Bertz CT molecular complexity index is 264. The molecule has 1 rings (SSSR count). The maximum atomic E-state index is 5.62. The van der Waals surface area contributed by atoms with E-state index < -0.39 is 0 Å². The number of aromatic nitrogens is 2. The molecule has 0 aliphatic heterocycles. The zero-order chi connectivity index (χ0) is 7.56. The fourth-order valence-electron chi connectivity index (χ4n) is 0.487. The molecular formula is C5H3BCl2N2. The van der Waals surface area contributed by atoms with Gasteiger partial charge in [0.25, 0.3) is 0 Å². The molecule has 50 valence electrons. The average Bonchev–Trinajstić information content (AvgIpc) is 1.88. The molecule has 0 aromatic carbocycles. The molecule has 0 fully saturated rings. The summed E-state index contributed by atoms with van der Waals surface area (Å²) in [5.74, 6) is 0. The van der Waals surface area contributed by atoms with E-state index in [1.54, 1.807) is 6.92 Å². The van der Waals surface area contributed by atoms with Crippen molar-refractivity contribution in [1.82, 2.24) is 9.97 Å². The fourth-order valence-corrected chi connectivity index (χ4v) is 0.870. The second-order valence-electron chi connectivity index (χ2n) is 1.59. The van der Waals surface area contributed by atoms with E-state index in [0.717, 1.165) is 0 Å². The Labute approximate surface area is 69.1 Å². The first-order valence-corrected chi connectivity index (χ1v) is 3.30. The van der Waals surface area contributed by atoms with Crippen LogP contribution in [0.25, 0.3) is 0 Å². The van der Waals surface area contributed by atoms with Gasteiger partial charge < -0.3 is 0 Å². The second kappa shape index (κ2) is 3.13. The Morgan fingerprint density at radius 3 is 2.70 bits per heavy atom. The molecule has 0 spiro atoms. The van der Waals surface area contributed by atoms with E-state index in [1.165, 1.54) is 6.20 Å². The summed E-state index contributed by atoms with van der Waals surface area (Å²) >= 11 is 11.1. The first kappa shape index (κ1) is 7.70. The van der Waals surface area contributed by atoms with E-state index in [-0.39, 0.29) is 5.28 Å². The molecule has 0 saturated heterocycles. The van der Waals surface area contributed by atoms with Crippen LogP contribution >= 0.6 is 23.2 Å². The van der Waals surface area contributed by atoms with Crippen LogP contribution in [0.1, 0.15) is 0 Å². The third kappa shape index (κ3) is 1.55. The van der Waals surface area contributed by atoms with E-state index in [1.807, 2.05) is 0 Å². The minimum atomic E-state index is 0.149. The van der Waals surface area contributed by atoms with E-state index in [9.17, 15) is 0 Å². The van der Waals surface area contributed by atoms with Gasteiger partial charge >= 0.3 is 68.7 Å². The fraction of sp³-hybridized carbons (Fsp3) is 0. The topological polar surface area (TPSA) is 25.8 Å². The van der Waals surface area contributed by atoms with Crippen LogP contribution in [0.3, 0.4) is 0 Å². The van der Waals surface area contributed by atoms with Crippen molar-refractivity contribution in [3.63, 3.8) is 0 Å². The van der Waals surface area contributed by atoms with Gasteiger partial charge in [0.05, 0.1) is 0 Å². The first-order chi connectivity index (χ1) is 4.74. The Hall–Kier alpha value is -0.405. The van der Waals surface area contributed by atoms with Crippen LogP contribution in [-0.4, -0.2) is 23.4 Å². The Morgan fingerprint density at radius 1 is 1.50 bits per heavy atom. The van der Waals surface area contributed by atoms with Crippen LogP contribution in [0.2, 0.25) is 10.4 Å². The molecule has 1 aromatic heterocycles. The van der Waals surface area contributed by atoms with Gasteiger partial charge in [0, 0.05) is 0 Å².